The predicted octanol–water partition coefficient (Wildman–Crippen LogP) is 2.28. The van der Waals surface area contributed by atoms with E-state index in [1.807, 2.05) is 18.2 Å². The molecule has 36 heavy (non-hydrogen) atoms. The van der Waals surface area contributed by atoms with Crippen LogP contribution >= 0.6 is 0 Å². The van der Waals surface area contributed by atoms with Gasteiger partial charge in [0.1, 0.15) is 6.54 Å². The Morgan fingerprint density at radius 2 is 1.69 bits per heavy atom. The molecular formula is C27H31N7O2. The summed E-state index contributed by atoms with van der Waals surface area (Å²) in [6.07, 6.45) is 4.94. The molecule has 0 spiro atoms. The highest BCUT2D eigenvalue weighted by molar-refractivity contribution is 5.75. The molecule has 1 saturated heterocycles. The topological polar surface area (TPSA) is 87.8 Å². The van der Waals surface area contributed by atoms with Crippen molar-refractivity contribution in [3.8, 4) is 0 Å². The lowest BCUT2D eigenvalue weighted by atomic mass is 10.1. The largest absolute Gasteiger partial charge is 0.368 e. The number of nitrogens with one attached hydrogen (secondary N) is 1. The molecular weight excluding hydrogens is 454 g/mol. The number of nitrogens with zero attached hydrogens (tertiary/aromatic N) is 6. The van der Waals surface area contributed by atoms with Gasteiger partial charge in [-0.2, -0.15) is 0 Å². The number of rotatable bonds is 8. The number of carbonyl (C=O) groups excluding carboxylic acids is 1. The van der Waals surface area contributed by atoms with Gasteiger partial charge in [0.05, 0.1) is 0 Å². The van der Waals surface area contributed by atoms with E-state index in [9.17, 15) is 9.59 Å². The monoisotopic (exact) mass is 485 g/mol. The van der Waals surface area contributed by atoms with Crippen LogP contribution in [0, 0.1) is 6.92 Å². The first kappa shape index (κ1) is 23.6. The molecule has 1 N–H and O–H groups in total. The molecule has 1 aliphatic heterocycles. The second-order valence-corrected chi connectivity index (χ2v) is 9.13. The van der Waals surface area contributed by atoms with Gasteiger partial charge in [0.15, 0.2) is 5.82 Å². The molecule has 0 radical (unpaired) electrons. The van der Waals surface area contributed by atoms with Crippen molar-refractivity contribution < 1.29 is 4.79 Å². The number of hydrogen-bond donors (Lipinski definition) is 1. The number of carbonyl (C=O) groups is 1. The number of aryl methyl sites for hydroxylation is 2. The molecule has 0 unspecified atom stereocenters. The smallest absolute Gasteiger partial charge is 0.350 e. The van der Waals surface area contributed by atoms with Crippen LogP contribution in [0.15, 0.2) is 71.8 Å². The van der Waals surface area contributed by atoms with Gasteiger partial charge in [0, 0.05) is 50.8 Å². The number of anilines is 2. The van der Waals surface area contributed by atoms with Crippen molar-refractivity contribution in [2.45, 2.75) is 26.3 Å². The number of piperazine rings is 1. The summed E-state index contributed by atoms with van der Waals surface area (Å²) >= 11 is 0. The van der Waals surface area contributed by atoms with Crippen LogP contribution in [0.25, 0.3) is 5.65 Å². The molecule has 2 aromatic heterocycles. The van der Waals surface area contributed by atoms with E-state index in [1.165, 1.54) is 25.9 Å². The molecule has 1 fully saturated rings. The first-order valence-corrected chi connectivity index (χ1v) is 12.4. The van der Waals surface area contributed by atoms with E-state index in [1.54, 1.807) is 12.4 Å². The Hall–Kier alpha value is -4.14. The molecule has 3 heterocycles. The van der Waals surface area contributed by atoms with E-state index in [-0.39, 0.29) is 18.1 Å². The second kappa shape index (κ2) is 10.6. The average molecular weight is 486 g/mol. The van der Waals surface area contributed by atoms with Crippen LogP contribution in [0.4, 0.5) is 11.5 Å². The lowest BCUT2D eigenvalue weighted by Crippen LogP contribution is -2.47. The summed E-state index contributed by atoms with van der Waals surface area (Å²) in [4.78, 5) is 34.4. The average Bonchev–Trinajstić information content (AvgIpc) is 3.23. The molecule has 186 valence electrons. The minimum absolute atomic E-state index is 0.119. The third-order valence-corrected chi connectivity index (χ3v) is 6.56. The SMILES string of the molecule is Cc1ccc(N2CCN(c3nccn4c(=O)n(CC(=O)NCCCc5ccccc5)nc34)CC2)cc1. The van der Waals surface area contributed by atoms with Crippen LogP contribution in [-0.2, 0) is 17.8 Å². The molecule has 1 amide bonds. The maximum atomic E-state index is 12.9. The van der Waals surface area contributed by atoms with Crippen LogP contribution in [0.5, 0.6) is 0 Å². The van der Waals surface area contributed by atoms with Crippen LogP contribution in [-0.4, -0.2) is 57.8 Å². The predicted molar refractivity (Wildman–Crippen MR) is 141 cm³/mol. The van der Waals surface area contributed by atoms with Gasteiger partial charge in [0.2, 0.25) is 11.6 Å². The molecule has 0 bridgehead atoms. The Balaban J connectivity index is 1.21. The number of hydrogen-bond acceptors (Lipinski definition) is 6. The van der Waals surface area contributed by atoms with E-state index in [0.29, 0.717) is 18.0 Å². The van der Waals surface area contributed by atoms with Gasteiger partial charge in [-0.1, -0.05) is 48.0 Å². The van der Waals surface area contributed by atoms with Crippen molar-refractivity contribution in [2.24, 2.45) is 0 Å². The van der Waals surface area contributed by atoms with Crippen molar-refractivity contribution >= 4 is 23.1 Å². The molecule has 0 saturated carbocycles. The minimum atomic E-state index is -0.341. The van der Waals surface area contributed by atoms with Crippen LogP contribution in [0.3, 0.4) is 0 Å². The fourth-order valence-electron chi connectivity index (χ4n) is 4.55. The third-order valence-electron chi connectivity index (χ3n) is 6.56. The molecule has 9 nitrogen and oxygen atoms in total. The molecule has 0 aliphatic carbocycles. The zero-order valence-corrected chi connectivity index (χ0v) is 20.5. The van der Waals surface area contributed by atoms with Crippen molar-refractivity contribution in [1.29, 1.82) is 0 Å². The van der Waals surface area contributed by atoms with E-state index in [4.69, 9.17) is 0 Å². The highest BCUT2D eigenvalue weighted by Gasteiger charge is 2.22. The Bertz CT molecular complexity index is 1370. The van der Waals surface area contributed by atoms with Gasteiger partial charge in [-0.15, -0.1) is 5.10 Å². The second-order valence-electron chi connectivity index (χ2n) is 9.13. The molecule has 1 aliphatic rings. The van der Waals surface area contributed by atoms with Crippen LogP contribution < -0.4 is 20.8 Å². The van der Waals surface area contributed by atoms with E-state index in [0.717, 1.165) is 39.0 Å². The van der Waals surface area contributed by atoms with Gasteiger partial charge < -0.3 is 15.1 Å². The van der Waals surface area contributed by atoms with Crippen molar-refractivity contribution in [3.63, 3.8) is 0 Å². The quantitative estimate of drug-likeness (QED) is 0.385. The summed E-state index contributed by atoms with van der Waals surface area (Å²) in [5.41, 5.74) is 3.83. The number of aromatic nitrogens is 4. The maximum absolute atomic E-state index is 12.9. The summed E-state index contributed by atoms with van der Waals surface area (Å²) in [5, 5.41) is 7.37. The first-order chi connectivity index (χ1) is 17.6. The van der Waals surface area contributed by atoms with Gasteiger partial charge in [-0.25, -0.2) is 18.9 Å². The Morgan fingerprint density at radius 1 is 0.972 bits per heavy atom. The van der Waals surface area contributed by atoms with Gasteiger partial charge in [-0.05, 0) is 37.5 Å². The summed E-state index contributed by atoms with van der Waals surface area (Å²) in [6.45, 7) is 5.75. The van der Waals surface area contributed by atoms with E-state index in [2.05, 4.69) is 68.5 Å². The fraction of sp³-hybridized carbons (Fsp3) is 0.333. The summed E-state index contributed by atoms with van der Waals surface area (Å²) < 4.78 is 2.69. The lowest BCUT2D eigenvalue weighted by Gasteiger charge is -2.36. The fourth-order valence-corrected chi connectivity index (χ4v) is 4.55. The summed E-state index contributed by atoms with van der Waals surface area (Å²) in [7, 11) is 0. The van der Waals surface area contributed by atoms with Crippen LogP contribution in [0.1, 0.15) is 17.5 Å². The normalized spacial score (nSPS) is 13.8. The molecule has 9 heteroatoms. The minimum Gasteiger partial charge on any atom is -0.368 e. The van der Waals surface area contributed by atoms with Gasteiger partial charge in [0.25, 0.3) is 0 Å². The van der Waals surface area contributed by atoms with Crippen molar-refractivity contribution in [2.75, 3.05) is 42.5 Å². The first-order valence-electron chi connectivity index (χ1n) is 12.4. The third kappa shape index (κ3) is 5.25. The Morgan fingerprint density at radius 3 is 2.44 bits per heavy atom. The number of fused-ring (bicyclic) bond motifs is 1. The highest BCUT2D eigenvalue weighted by Crippen LogP contribution is 2.21. The zero-order chi connectivity index (χ0) is 24.9. The lowest BCUT2D eigenvalue weighted by molar-refractivity contribution is -0.121. The van der Waals surface area contributed by atoms with Crippen molar-refractivity contribution in [3.05, 3.63) is 88.6 Å². The Kier molecular flexibility index (Phi) is 6.97. The van der Waals surface area contributed by atoms with Crippen LogP contribution in [0.2, 0.25) is 0 Å². The number of benzene rings is 2. The standard InChI is InChI=1S/C27H31N7O2/c1-21-9-11-23(12-10-21)31-16-18-32(19-17-31)25-26-30-34(27(36)33(26)15-14-29-25)20-24(35)28-13-5-8-22-6-3-2-4-7-22/h2-4,6-7,9-12,14-15H,5,8,13,16-20H2,1H3,(H,28,35). The molecule has 5 rings (SSSR count). The van der Waals surface area contributed by atoms with E-state index < -0.39 is 0 Å². The Labute approximate surface area is 210 Å². The number of amides is 1. The van der Waals surface area contributed by atoms with Gasteiger partial charge in [-0.3, -0.25) is 4.79 Å². The summed E-state index contributed by atoms with van der Waals surface area (Å²) in [6, 6.07) is 18.7. The van der Waals surface area contributed by atoms with Crippen molar-refractivity contribution in [1.82, 2.24) is 24.5 Å². The molecule has 4 aromatic rings. The maximum Gasteiger partial charge on any atom is 0.350 e. The summed E-state index contributed by atoms with van der Waals surface area (Å²) in [5.74, 6) is 0.440. The molecule has 0 atom stereocenters. The van der Waals surface area contributed by atoms with E-state index >= 15 is 0 Å². The molecule has 2 aromatic carbocycles. The van der Waals surface area contributed by atoms with Gasteiger partial charge >= 0.3 is 5.69 Å². The highest BCUT2D eigenvalue weighted by atomic mass is 16.2. The zero-order valence-electron chi connectivity index (χ0n) is 20.5.